The molecule has 0 spiro atoms. The summed E-state index contributed by atoms with van der Waals surface area (Å²) in [5.74, 6) is -0.0317. The molecule has 2 rings (SSSR count). The summed E-state index contributed by atoms with van der Waals surface area (Å²) in [7, 11) is -2.45. The van der Waals surface area contributed by atoms with Crippen molar-refractivity contribution in [2.24, 2.45) is 0 Å². The Hall–Kier alpha value is -3.07. The van der Waals surface area contributed by atoms with E-state index in [2.05, 4.69) is 22.3 Å². The number of hydrogen-bond donors (Lipinski definition) is 3. The van der Waals surface area contributed by atoms with Crippen molar-refractivity contribution >= 4 is 38.9 Å². The molecule has 0 heterocycles. The highest BCUT2D eigenvalue weighted by molar-refractivity contribution is 7.92. The van der Waals surface area contributed by atoms with Crippen LogP contribution in [0.3, 0.4) is 0 Å². The molecule has 2 aromatic carbocycles. The first kappa shape index (κ1) is 29.2. The van der Waals surface area contributed by atoms with Crippen LogP contribution in [-0.4, -0.2) is 27.3 Å². The average Bonchev–Trinajstić information content (AvgIpc) is 2.83. The van der Waals surface area contributed by atoms with Crippen LogP contribution in [0.4, 0.5) is 17.1 Å². The van der Waals surface area contributed by atoms with E-state index in [-0.39, 0.29) is 28.1 Å². The fourth-order valence-corrected chi connectivity index (χ4v) is 4.87. The van der Waals surface area contributed by atoms with Crippen molar-refractivity contribution in [2.45, 2.75) is 83.0 Å². The van der Waals surface area contributed by atoms with Crippen LogP contribution in [0.2, 0.25) is 0 Å². The smallest absolute Gasteiger partial charge is 0.262 e. The molecule has 8 nitrogen and oxygen atoms in total. The number of benzene rings is 2. The van der Waals surface area contributed by atoms with Crippen molar-refractivity contribution in [3.05, 3.63) is 42.5 Å². The molecule has 0 aromatic heterocycles. The lowest BCUT2D eigenvalue weighted by atomic mass is 10.1. The van der Waals surface area contributed by atoms with E-state index in [4.69, 9.17) is 4.74 Å². The minimum absolute atomic E-state index is 0.0389. The van der Waals surface area contributed by atoms with Crippen LogP contribution in [0, 0.1) is 0 Å². The molecule has 0 aliphatic rings. The van der Waals surface area contributed by atoms with Crippen molar-refractivity contribution < 1.29 is 22.7 Å². The second-order valence-corrected chi connectivity index (χ2v) is 10.5. The molecule has 0 fully saturated rings. The highest BCUT2D eigenvalue weighted by Crippen LogP contribution is 2.30. The first-order valence-corrected chi connectivity index (χ1v) is 14.1. The van der Waals surface area contributed by atoms with Gasteiger partial charge in [-0.2, -0.15) is 0 Å². The Morgan fingerprint density at radius 2 is 1.39 bits per heavy atom. The van der Waals surface area contributed by atoms with Gasteiger partial charge in [-0.25, -0.2) is 8.42 Å². The number of amides is 2. The molecule has 36 heavy (non-hydrogen) atoms. The first-order chi connectivity index (χ1) is 17.2. The predicted molar refractivity (Wildman–Crippen MR) is 145 cm³/mol. The van der Waals surface area contributed by atoms with Crippen molar-refractivity contribution in [1.29, 1.82) is 0 Å². The highest BCUT2D eigenvalue weighted by atomic mass is 32.2. The van der Waals surface area contributed by atoms with Gasteiger partial charge < -0.3 is 15.4 Å². The van der Waals surface area contributed by atoms with Crippen LogP contribution in [0.1, 0.15) is 78.1 Å². The Labute approximate surface area is 215 Å². The summed E-state index contributed by atoms with van der Waals surface area (Å²) in [6.07, 6.45) is 11.2. The molecule has 0 unspecified atom stereocenters. The van der Waals surface area contributed by atoms with Gasteiger partial charge in [-0.3, -0.25) is 14.3 Å². The lowest BCUT2D eigenvalue weighted by Crippen LogP contribution is -2.15. The number of unbranched alkanes of at least 4 members (excludes halogenated alkanes) is 8. The summed E-state index contributed by atoms with van der Waals surface area (Å²) in [6, 6.07) is 10.6. The van der Waals surface area contributed by atoms with E-state index in [1.54, 1.807) is 18.2 Å². The maximum absolute atomic E-state index is 12.8. The first-order valence-electron chi connectivity index (χ1n) is 12.6. The number of sulfonamides is 1. The van der Waals surface area contributed by atoms with Crippen LogP contribution in [0.5, 0.6) is 5.75 Å². The Morgan fingerprint density at radius 3 is 1.97 bits per heavy atom. The third-order valence-electron chi connectivity index (χ3n) is 5.72. The van der Waals surface area contributed by atoms with Gasteiger partial charge in [0.15, 0.2) is 0 Å². The predicted octanol–water partition coefficient (Wildman–Crippen LogP) is 6.31. The Bertz CT molecular complexity index is 1090. The monoisotopic (exact) mass is 517 g/mol. The molecular weight excluding hydrogens is 478 g/mol. The third-order valence-corrected chi connectivity index (χ3v) is 7.10. The van der Waals surface area contributed by atoms with Crippen LogP contribution in [-0.2, 0) is 19.6 Å². The molecule has 3 N–H and O–H groups in total. The second-order valence-electron chi connectivity index (χ2n) is 8.85. The van der Waals surface area contributed by atoms with Crippen LogP contribution >= 0.6 is 0 Å². The number of rotatable bonds is 16. The minimum atomic E-state index is -3.88. The summed E-state index contributed by atoms with van der Waals surface area (Å²) < 4.78 is 33.5. The molecule has 0 radical (unpaired) electrons. The highest BCUT2D eigenvalue weighted by Gasteiger charge is 2.17. The second kappa shape index (κ2) is 15.1. The number of carbonyl (C=O) groups excluding carboxylic acids is 2. The lowest BCUT2D eigenvalue weighted by molar-refractivity contribution is -0.116. The van der Waals surface area contributed by atoms with Crippen LogP contribution in [0.25, 0.3) is 0 Å². The summed E-state index contributed by atoms with van der Waals surface area (Å²) in [4.78, 5) is 23.5. The quantitative estimate of drug-likeness (QED) is 0.226. The molecule has 0 saturated carbocycles. The van der Waals surface area contributed by atoms with E-state index < -0.39 is 10.0 Å². The lowest BCUT2D eigenvalue weighted by Gasteiger charge is -2.14. The van der Waals surface area contributed by atoms with E-state index in [0.29, 0.717) is 17.8 Å². The van der Waals surface area contributed by atoms with Crippen molar-refractivity contribution in [2.75, 3.05) is 22.5 Å². The number of carbonyl (C=O) groups is 2. The SMILES string of the molecule is CCCCCCCCCCCC(=O)Nc1ccc(NS(=O)(=O)c2ccc(NC(C)=O)cc2)c(OC)c1. The third kappa shape index (κ3) is 10.3. The zero-order chi connectivity index (χ0) is 26.4. The largest absolute Gasteiger partial charge is 0.494 e. The Balaban J connectivity index is 1.86. The van der Waals surface area contributed by atoms with Gasteiger partial charge in [-0.15, -0.1) is 0 Å². The molecule has 0 saturated heterocycles. The van der Waals surface area contributed by atoms with E-state index in [1.807, 2.05) is 0 Å². The number of methoxy groups -OCH3 is 1. The Morgan fingerprint density at radius 1 is 0.806 bits per heavy atom. The van der Waals surface area contributed by atoms with Gasteiger partial charge in [0, 0.05) is 30.8 Å². The summed E-state index contributed by atoms with van der Waals surface area (Å²) in [6.45, 7) is 3.59. The summed E-state index contributed by atoms with van der Waals surface area (Å²) in [5.41, 5.74) is 1.29. The minimum Gasteiger partial charge on any atom is -0.494 e. The van der Waals surface area contributed by atoms with Gasteiger partial charge in [-0.05, 0) is 42.8 Å². The normalized spacial score (nSPS) is 11.1. The van der Waals surface area contributed by atoms with E-state index in [9.17, 15) is 18.0 Å². The fraction of sp³-hybridized carbons (Fsp3) is 0.481. The molecular formula is C27H39N3O5S. The van der Waals surface area contributed by atoms with Gasteiger partial charge in [0.2, 0.25) is 11.8 Å². The number of ether oxygens (including phenoxy) is 1. The Kier molecular flexibility index (Phi) is 12.3. The number of nitrogens with one attached hydrogen (secondary N) is 3. The zero-order valence-electron chi connectivity index (χ0n) is 21.6. The van der Waals surface area contributed by atoms with Crippen LogP contribution < -0.4 is 20.1 Å². The van der Waals surface area contributed by atoms with E-state index >= 15 is 0 Å². The molecule has 2 amide bonds. The summed E-state index contributed by atoms with van der Waals surface area (Å²) >= 11 is 0. The standard InChI is InChI=1S/C27H39N3O5S/c1-4-5-6-7-8-9-10-11-12-13-27(32)29-23-16-19-25(26(20-23)35-3)30-36(33,34)24-17-14-22(15-18-24)28-21(2)31/h14-20,30H,4-13H2,1-3H3,(H,28,31)(H,29,32). The molecule has 198 valence electrons. The van der Waals surface area contributed by atoms with Gasteiger partial charge >= 0.3 is 0 Å². The van der Waals surface area contributed by atoms with Crippen molar-refractivity contribution in [3.63, 3.8) is 0 Å². The molecule has 2 aromatic rings. The van der Waals surface area contributed by atoms with Gasteiger partial charge in [0.05, 0.1) is 17.7 Å². The van der Waals surface area contributed by atoms with E-state index in [1.165, 1.54) is 76.8 Å². The number of hydrogen-bond acceptors (Lipinski definition) is 5. The van der Waals surface area contributed by atoms with Gasteiger partial charge in [-0.1, -0.05) is 58.3 Å². The molecule has 0 aliphatic carbocycles. The van der Waals surface area contributed by atoms with Gasteiger partial charge in [0.25, 0.3) is 10.0 Å². The van der Waals surface area contributed by atoms with Crippen LogP contribution in [0.15, 0.2) is 47.4 Å². The average molecular weight is 518 g/mol. The molecule has 9 heteroatoms. The van der Waals surface area contributed by atoms with Gasteiger partial charge in [0.1, 0.15) is 5.75 Å². The fourth-order valence-electron chi connectivity index (χ4n) is 3.80. The maximum atomic E-state index is 12.8. The topological polar surface area (TPSA) is 114 Å². The van der Waals surface area contributed by atoms with Crippen molar-refractivity contribution in [3.8, 4) is 5.75 Å². The molecule has 0 bridgehead atoms. The number of anilines is 3. The zero-order valence-corrected chi connectivity index (χ0v) is 22.4. The van der Waals surface area contributed by atoms with Crippen molar-refractivity contribution in [1.82, 2.24) is 0 Å². The molecule has 0 aliphatic heterocycles. The maximum Gasteiger partial charge on any atom is 0.262 e. The van der Waals surface area contributed by atoms with E-state index in [0.717, 1.165) is 19.3 Å². The molecule has 0 atom stereocenters. The summed E-state index contributed by atoms with van der Waals surface area (Å²) in [5, 5.41) is 5.45.